The van der Waals surface area contributed by atoms with Crippen LogP contribution in [-0.4, -0.2) is 12.1 Å². The number of aromatic nitrogens is 1. The number of hydrogen-bond acceptors (Lipinski definition) is 3. The number of ether oxygens (including phenoxy) is 1. The summed E-state index contributed by atoms with van der Waals surface area (Å²) in [4.78, 5) is 5.35. The van der Waals surface area contributed by atoms with Gasteiger partial charge in [-0.2, -0.15) is 0 Å². The molecule has 0 amide bonds. The van der Waals surface area contributed by atoms with E-state index in [-0.39, 0.29) is 0 Å². The first kappa shape index (κ1) is 12.5. The molecule has 2 rings (SSSR count). The monoisotopic (exact) mass is 309 g/mol. The fraction of sp³-hybridized carbons (Fsp3) is 0.154. The van der Waals surface area contributed by atoms with Crippen LogP contribution in [0.3, 0.4) is 0 Å². The van der Waals surface area contributed by atoms with Crippen molar-refractivity contribution in [1.82, 2.24) is 4.98 Å². The molecule has 0 aliphatic rings. The third kappa shape index (κ3) is 3.48. The highest BCUT2D eigenvalue weighted by Crippen LogP contribution is 2.28. The second-order valence-electron chi connectivity index (χ2n) is 3.43. The van der Waals surface area contributed by atoms with Gasteiger partial charge in [-0.1, -0.05) is 12.1 Å². The van der Waals surface area contributed by atoms with E-state index in [4.69, 9.17) is 4.74 Å². The zero-order valence-electron chi connectivity index (χ0n) is 9.39. The minimum absolute atomic E-state index is 0.890. The Morgan fingerprint density at radius 2 is 2.00 bits per heavy atom. The Hall–Kier alpha value is -1.00. The van der Waals surface area contributed by atoms with Gasteiger partial charge in [0.2, 0.25) is 0 Å². The van der Waals surface area contributed by atoms with Crippen molar-refractivity contribution in [2.24, 2.45) is 0 Å². The van der Waals surface area contributed by atoms with Crippen molar-refractivity contribution < 1.29 is 4.74 Å². The van der Waals surface area contributed by atoms with E-state index in [9.17, 15) is 0 Å². The Bertz CT molecular complexity index is 487. The maximum absolute atomic E-state index is 5.13. The molecule has 0 radical (unpaired) electrons. The minimum Gasteiger partial charge on any atom is -0.497 e. The van der Waals surface area contributed by atoms with Gasteiger partial charge in [-0.25, -0.2) is 4.98 Å². The van der Waals surface area contributed by atoms with Crippen LogP contribution in [0.25, 0.3) is 0 Å². The SMILES string of the molecule is COc1ccc(CSc2cccnc2Br)cc1. The highest BCUT2D eigenvalue weighted by atomic mass is 79.9. The molecule has 1 aromatic heterocycles. The molecule has 0 fully saturated rings. The van der Waals surface area contributed by atoms with Crippen molar-refractivity contribution >= 4 is 27.7 Å². The number of methoxy groups -OCH3 is 1. The van der Waals surface area contributed by atoms with Crippen LogP contribution in [0.2, 0.25) is 0 Å². The van der Waals surface area contributed by atoms with Gasteiger partial charge < -0.3 is 4.74 Å². The lowest BCUT2D eigenvalue weighted by molar-refractivity contribution is 0.414. The fourth-order valence-corrected chi connectivity index (χ4v) is 2.82. The molecule has 88 valence electrons. The molecule has 0 atom stereocenters. The van der Waals surface area contributed by atoms with Crippen LogP contribution >= 0.6 is 27.7 Å². The fourth-order valence-electron chi connectivity index (χ4n) is 1.36. The number of halogens is 1. The number of thioether (sulfide) groups is 1. The summed E-state index contributed by atoms with van der Waals surface area (Å²) in [5, 5.41) is 0. The molecule has 2 nitrogen and oxygen atoms in total. The molecule has 0 saturated carbocycles. The second kappa shape index (κ2) is 6.07. The molecule has 0 saturated heterocycles. The molecule has 1 heterocycles. The van der Waals surface area contributed by atoms with E-state index in [0.29, 0.717) is 0 Å². The van der Waals surface area contributed by atoms with E-state index in [1.165, 1.54) is 5.56 Å². The Labute approximate surface area is 114 Å². The van der Waals surface area contributed by atoms with E-state index >= 15 is 0 Å². The third-order valence-electron chi connectivity index (χ3n) is 2.28. The van der Waals surface area contributed by atoms with Crippen LogP contribution in [0.1, 0.15) is 5.56 Å². The van der Waals surface area contributed by atoms with Gasteiger partial charge in [0.05, 0.1) is 7.11 Å². The lowest BCUT2D eigenvalue weighted by Crippen LogP contribution is -1.85. The van der Waals surface area contributed by atoms with Crippen LogP contribution in [0.15, 0.2) is 52.1 Å². The van der Waals surface area contributed by atoms with E-state index < -0.39 is 0 Å². The molecule has 1 aromatic carbocycles. The van der Waals surface area contributed by atoms with Gasteiger partial charge in [-0.15, -0.1) is 11.8 Å². The standard InChI is InChI=1S/C13H12BrNOS/c1-16-11-6-4-10(5-7-11)9-17-12-3-2-8-15-13(12)14/h2-8H,9H2,1H3. The summed E-state index contributed by atoms with van der Waals surface area (Å²) in [5.74, 6) is 1.81. The van der Waals surface area contributed by atoms with E-state index in [1.54, 1.807) is 25.1 Å². The van der Waals surface area contributed by atoms with E-state index in [1.807, 2.05) is 18.2 Å². The molecular weight excluding hydrogens is 298 g/mol. The predicted octanol–water partition coefficient (Wildman–Crippen LogP) is 4.15. The lowest BCUT2D eigenvalue weighted by atomic mass is 10.2. The van der Waals surface area contributed by atoms with Crippen LogP contribution in [-0.2, 0) is 5.75 Å². The first-order chi connectivity index (χ1) is 8.29. The Kier molecular flexibility index (Phi) is 4.45. The van der Waals surface area contributed by atoms with Crippen molar-refractivity contribution in [3.8, 4) is 5.75 Å². The molecule has 0 spiro atoms. The summed E-state index contributed by atoms with van der Waals surface area (Å²) in [6, 6.07) is 12.1. The van der Waals surface area contributed by atoms with E-state index in [2.05, 4.69) is 39.1 Å². The van der Waals surface area contributed by atoms with Crippen molar-refractivity contribution in [2.75, 3.05) is 7.11 Å². The Balaban J connectivity index is 2.00. The van der Waals surface area contributed by atoms with Gasteiger partial charge in [-0.05, 0) is 45.8 Å². The summed E-state index contributed by atoms with van der Waals surface area (Å²) >= 11 is 5.20. The highest BCUT2D eigenvalue weighted by Gasteiger charge is 2.01. The minimum atomic E-state index is 0.890. The predicted molar refractivity (Wildman–Crippen MR) is 74.5 cm³/mol. The summed E-state index contributed by atoms with van der Waals surface area (Å²) in [6.45, 7) is 0. The third-order valence-corrected chi connectivity index (χ3v) is 4.29. The van der Waals surface area contributed by atoms with Crippen molar-refractivity contribution in [3.63, 3.8) is 0 Å². The molecule has 0 unspecified atom stereocenters. The molecule has 2 aromatic rings. The number of nitrogens with zero attached hydrogens (tertiary/aromatic N) is 1. The largest absolute Gasteiger partial charge is 0.497 e. The second-order valence-corrected chi connectivity index (χ2v) is 5.20. The number of benzene rings is 1. The van der Waals surface area contributed by atoms with Crippen LogP contribution in [0.5, 0.6) is 5.75 Å². The smallest absolute Gasteiger partial charge is 0.119 e. The molecule has 0 bridgehead atoms. The molecule has 4 heteroatoms. The first-order valence-corrected chi connectivity index (χ1v) is 6.93. The maximum atomic E-state index is 5.13. The average molecular weight is 310 g/mol. The molecule has 0 aliphatic carbocycles. The molecule has 0 aliphatic heterocycles. The van der Waals surface area contributed by atoms with Crippen molar-refractivity contribution in [3.05, 3.63) is 52.8 Å². The molecule has 0 N–H and O–H groups in total. The number of pyridine rings is 1. The number of hydrogen-bond donors (Lipinski definition) is 0. The van der Waals surface area contributed by atoms with Gasteiger partial charge in [0, 0.05) is 16.8 Å². The zero-order chi connectivity index (χ0) is 12.1. The quantitative estimate of drug-likeness (QED) is 0.626. The lowest BCUT2D eigenvalue weighted by Gasteiger charge is -2.04. The van der Waals surface area contributed by atoms with Crippen LogP contribution in [0.4, 0.5) is 0 Å². The average Bonchev–Trinajstić information content (AvgIpc) is 2.38. The van der Waals surface area contributed by atoms with Crippen LogP contribution in [0, 0.1) is 0 Å². The highest BCUT2D eigenvalue weighted by molar-refractivity contribution is 9.10. The van der Waals surface area contributed by atoms with Crippen molar-refractivity contribution in [2.45, 2.75) is 10.6 Å². The summed E-state index contributed by atoms with van der Waals surface area (Å²) in [6.07, 6.45) is 1.78. The number of rotatable bonds is 4. The topological polar surface area (TPSA) is 22.1 Å². The maximum Gasteiger partial charge on any atom is 0.119 e. The Morgan fingerprint density at radius 3 is 2.65 bits per heavy atom. The summed E-state index contributed by atoms with van der Waals surface area (Å²) < 4.78 is 6.03. The van der Waals surface area contributed by atoms with Gasteiger partial charge in [0.15, 0.2) is 0 Å². The van der Waals surface area contributed by atoms with Gasteiger partial charge >= 0.3 is 0 Å². The van der Waals surface area contributed by atoms with Crippen molar-refractivity contribution in [1.29, 1.82) is 0 Å². The molecular formula is C13H12BrNOS. The van der Waals surface area contributed by atoms with E-state index in [0.717, 1.165) is 21.0 Å². The van der Waals surface area contributed by atoms with Crippen LogP contribution < -0.4 is 4.74 Å². The van der Waals surface area contributed by atoms with Gasteiger partial charge in [0.25, 0.3) is 0 Å². The summed E-state index contributed by atoms with van der Waals surface area (Å²) in [7, 11) is 1.68. The summed E-state index contributed by atoms with van der Waals surface area (Å²) in [5.41, 5.74) is 1.27. The molecule has 17 heavy (non-hydrogen) atoms. The zero-order valence-corrected chi connectivity index (χ0v) is 11.8. The normalized spacial score (nSPS) is 10.2. The first-order valence-electron chi connectivity index (χ1n) is 5.16. The Morgan fingerprint density at radius 1 is 1.24 bits per heavy atom. The van der Waals surface area contributed by atoms with Gasteiger partial charge in [-0.3, -0.25) is 0 Å². The van der Waals surface area contributed by atoms with Gasteiger partial charge in [0.1, 0.15) is 10.4 Å².